The summed E-state index contributed by atoms with van der Waals surface area (Å²) < 4.78 is 0.414. The largest absolute Gasteiger partial charge is 0.502 e. The number of phenols is 1. The van der Waals surface area contributed by atoms with Gasteiger partial charge in [-0.1, -0.05) is 21.1 Å². The lowest BCUT2D eigenvalue weighted by Gasteiger charge is -2.00. The van der Waals surface area contributed by atoms with Gasteiger partial charge in [0.2, 0.25) is 5.75 Å². The van der Waals surface area contributed by atoms with Crippen molar-refractivity contribution in [2.24, 2.45) is 5.16 Å². The zero-order valence-corrected chi connectivity index (χ0v) is 8.30. The van der Waals surface area contributed by atoms with Crippen molar-refractivity contribution >= 4 is 27.8 Å². The number of benzene rings is 1. The van der Waals surface area contributed by atoms with E-state index in [0.29, 0.717) is 4.47 Å². The Kier molecular flexibility index (Phi) is 3.03. The van der Waals surface area contributed by atoms with Gasteiger partial charge in [-0.05, 0) is 6.07 Å². The van der Waals surface area contributed by atoms with E-state index < -0.39 is 16.4 Å². The van der Waals surface area contributed by atoms with E-state index in [0.717, 1.165) is 12.3 Å². The summed E-state index contributed by atoms with van der Waals surface area (Å²) in [6, 6.07) is 2.55. The second-order valence-corrected chi connectivity index (χ2v) is 3.28. The first-order valence-corrected chi connectivity index (χ1v) is 4.20. The monoisotopic (exact) mass is 260 g/mol. The Morgan fingerprint density at radius 1 is 1.57 bits per heavy atom. The summed E-state index contributed by atoms with van der Waals surface area (Å²) in [5.74, 6) is -0.531. The van der Waals surface area contributed by atoms with Crippen LogP contribution in [0.25, 0.3) is 0 Å². The Bertz CT molecular complexity index is 405. The molecule has 74 valence electrons. The molecule has 0 saturated heterocycles. The molecule has 0 aliphatic rings. The van der Waals surface area contributed by atoms with Gasteiger partial charge in [-0.2, -0.15) is 0 Å². The third kappa shape index (κ3) is 1.99. The zero-order chi connectivity index (χ0) is 10.7. The van der Waals surface area contributed by atoms with Crippen molar-refractivity contribution in [3.8, 4) is 5.75 Å². The molecule has 0 fully saturated rings. The van der Waals surface area contributed by atoms with Gasteiger partial charge >= 0.3 is 5.69 Å². The average Bonchev–Trinajstić information content (AvgIpc) is 2.10. The lowest BCUT2D eigenvalue weighted by atomic mass is 10.2. The van der Waals surface area contributed by atoms with Crippen molar-refractivity contribution < 1.29 is 15.2 Å². The highest BCUT2D eigenvalue weighted by atomic mass is 79.9. The summed E-state index contributed by atoms with van der Waals surface area (Å²) in [5, 5.41) is 30.7. The van der Waals surface area contributed by atoms with Crippen molar-refractivity contribution in [3.05, 3.63) is 32.3 Å². The second-order valence-electron chi connectivity index (χ2n) is 2.36. The van der Waals surface area contributed by atoms with Gasteiger partial charge in [0.25, 0.3) is 0 Å². The summed E-state index contributed by atoms with van der Waals surface area (Å²) in [6.45, 7) is 0. The molecule has 14 heavy (non-hydrogen) atoms. The standard InChI is InChI=1S/C7H5BrN2O4/c8-5-1-4(3-9-12)7(11)6(2-5)10(13)14/h1-3,11-12H/b9-3+. The predicted molar refractivity (Wildman–Crippen MR) is 51.8 cm³/mol. The van der Waals surface area contributed by atoms with Crippen LogP contribution in [0.3, 0.4) is 0 Å². The number of hydrogen-bond donors (Lipinski definition) is 2. The fourth-order valence-electron chi connectivity index (χ4n) is 0.905. The van der Waals surface area contributed by atoms with Crippen LogP contribution in [-0.2, 0) is 0 Å². The Balaban J connectivity index is 3.39. The molecule has 6 nitrogen and oxygen atoms in total. The molecule has 1 rings (SSSR count). The lowest BCUT2D eigenvalue weighted by Crippen LogP contribution is -1.92. The van der Waals surface area contributed by atoms with Gasteiger partial charge in [-0.15, -0.1) is 0 Å². The van der Waals surface area contributed by atoms with Crippen LogP contribution in [0, 0.1) is 10.1 Å². The molecule has 0 atom stereocenters. The number of hydrogen-bond acceptors (Lipinski definition) is 5. The molecule has 0 amide bonds. The maximum absolute atomic E-state index is 10.4. The molecule has 0 radical (unpaired) electrons. The van der Waals surface area contributed by atoms with E-state index in [9.17, 15) is 15.2 Å². The third-order valence-corrected chi connectivity index (χ3v) is 1.94. The van der Waals surface area contributed by atoms with Crippen LogP contribution < -0.4 is 0 Å². The van der Waals surface area contributed by atoms with Gasteiger partial charge in [0, 0.05) is 16.1 Å². The highest BCUT2D eigenvalue weighted by molar-refractivity contribution is 9.10. The van der Waals surface area contributed by atoms with E-state index >= 15 is 0 Å². The molecule has 2 N–H and O–H groups in total. The van der Waals surface area contributed by atoms with Crippen molar-refractivity contribution in [1.29, 1.82) is 0 Å². The minimum absolute atomic E-state index is 0.0635. The van der Waals surface area contributed by atoms with Crippen LogP contribution in [0.4, 0.5) is 5.69 Å². The van der Waals surface area contributed by atoms with Gasteiger partial charge in [0.05, 0.1) is 11.1 Å². The molecule has 0 aliphatic heterocycles. The normalized spacial score (nSPS) is 10.6. The van der Waals surface area contributed by atoms with E-state index in [1.165, 1.54) is 6.07 Å². The maximum Gasteiger partial charge on any atom is 0.312 e. The third-order valence-electron chi connectivity index (χ3n) is 1.48. The topological polar surface area (TPSA) is 96.0 Å². The number of aromatic hydroxyl groups is 1. The highest BCUT2D eigenvalue weighted by Crippen LogP contribution is 2.32. The Morgan fingerprint density at radius 3 is 2.71 bits per heavy atom. The zero-order valence-electron chi connectivity index (χ0n) is 6.72. The van der Waals surface area contributed by atoms with Crippen LogP contribution >= 0.6 is 15.9 Å². The molecule has 0 unspecified atom stereocenters. The molecule has 7 heteroatoms. The Labute approximate surface area is 86.8 Å². The molecular formula is C7H5BrN2O4. The van der Waals surface area contributed by atoms with Crippen molar-refractivity contribution in [2.75, 3.05) is 0 Å². The quantitative estimate of drug-likeness (QED) is 0.367. The van der Waals surface area contributed by atoms with Gasteiger partial charge in [-0.25, -0.2) is 0 Å². The molecule has 0 aromatic heterocycles. The molecule has 0 saturated carbocycles. The van der Waals surface area contributed by atoms with Crippen molar-refractivity contribution in [2.45, 2.75) is 0 Å². The molecule has 0 bridgehead atoms. The van der Waals surface area contributed by atoms with E-state index in [4.69, 9.17) is 5.21 Å². The van der Waals surface area contributed by atoms with E-state index in [1.54, 1.807) is 0 Å². The number of phenolic OH excluding ortho intramolecular Hbond substituents is 1. The molecule has 1 aromatic carbocycles. The fourth-order valence-corrected chi connectivity index (χ4v) is 1.37. The summed E-state index contributed by atoms with van der Waals surface area (Å²) >= 11 is 3.03. The molecule has 0 spiro atoms. The molecule has 0 heterocycles. The average molecular weight is 261 g/mol. The number of rotatable bonds is 2. The van der Waals surface area contributed by atoms with Gasteiger partial charge in [0.1, 0.15) is 0 Å². The number of nitrogens with zero attached hydrogens (tertiary/aromatic N) is 2. The number of oxime groups is 1. The number of halogens is 1. The first-order chi connectivity index (χ1) is 6.56. The molecular weight excluding hydrogens is 256 g/mol. The maximum atomic E-state index is 10.4. The van der Waals surface area contributed by atoms with Crippen molar-refractivity contribution in [1.82, 2.24) is 0 Å². The van der Waals surface area contributed by atoms with E-state index in [-0.39, 0.29) is 5.56 Å². The van der Waals surface area contributed by atoms with Gasteiger partial charge < -0.3 is 10.3 Å². The van der Waals surface area contributed by atoms with Gasteiger partial charge in [0.15, 0.2) is 0 Å². The minimum Gasteiger partial charge on any atom is -0.502 e. The number of nitro groups is 1. The second kappa shape index (κ2) is 4.05. The van der Waals surface area contributed by atoms with E-state index in [2.05, 4.69) is 21.1 Å². The van der Waals surface area contributed by atoms with E-state index in [1.807, 2.05) is 0 Å². The summed E-state index contributed by atoms with van der Waals surface area (Å²) in [7, 11) is 0. The first kappa shape index (κ1) is 10.5. The Hall–Kier alpha value is -1.63. The minimum atomic E-state index is -0.727. The molecule has 1 aromatic rings. The molecule has 0 aliphatic carbocycles. The first-order valence-electron chi connectivity index (χ1n) is 3.40. The highest BCUT2D eigenvalue weighted by Gasteiger charge is 2.17. The van der Waals surface area contributed by atoms with Gasteiger partial charge in [-0.3, -0.25) is 10.1 Å². The SMILES string of the molecule is O=[N+]([O-])c1cc(Br)cc(/C=N/O)c1O. The summed E-state index contributed by atoms with van der Waals surface area (Å²) in [6.07, 6.45) is 0.910. The lowest BCUT2D eigenvalue weighted by molar-refractivity contribution is -0.385. The van der Waals surface area contributed by atoms with Crippen molar-refractivity contribution in [3.63, 3.8) is 0 Å². The smallest absolute Gasteiger partial charge is 0.312 e. The summed E-state index contributed by atoms with van der Waals surface area (Å²) in [5.41, 5.74) is -0.386. The van der Waals surface area contributed by atoms with Crippen LogP contribution in [-0.4, -0.2) is 21.5 Å². The van der Waals surface area contributed by atoms with Crippen LogP contribution in [0.5, 0.6) is 5.75 Å². The van der Waals surface area contributed by atoms with Crippen LogP contribution in [0.1, 0.15) is 5.56 Å². The Morgan fingerprint density at radius 2 is 2.21 bits per heavy atom. The van der Waals surface area contributed by atoms with Crippen LogP contribution in [0.2, 0.25) is 0 Å². The summed E-state index contributed by atoms with van der Waals surface area (Å²) in [4.78, 5) is 9.72. The fraction of sp³-hybridized carbons (Fsp3) is 0. The predicted octanol–water partition coefficient (Wildman–Crippen LogP) is 1.87. The number of nitro benzene ring substituents is 1. The van der Waals surface area contributed by atoms with Crippen LogP contribution in [0.15, 0.2) is 21.8 Å².